The molecule has 0 aromatic heterocycles. The first-order valence-corrected chi connectivity index (χ1v) is 5.43. The SMILES string of the molecule is CC1(C)C(=O)Nc2c([N+](=O)[O-])cc(Br)cc21. The Bertz CT molecular complexity index is 511. The van der Waals surface area contributed by atoms with Gasteiger partial charge in [-0.3, -0.25) is 14.9 Å². The van der Waals surface area contributed by atoms with Crippen LogP contribution in [0, 0.1) is 10.1 Å². The van der Waals surface area contributed by atoms with Crippen molar-refractivity contribution in [3.63, 3.8) is 0 Å². The first-order chi connectivity index (χ1) is 7.34. The van der Waals surface area contributed by atoms with Crippen LogP contribution in [0.25, 0.3) is 0 Å². The summed E-state index contributed by atoms with van der Waals surface area (Å²) in [6.07, 6.45) is 0. The minimum absolute atomic E-state index is 0.0803. The molecule has 0 saturated carbocycles. The molecule has 16 heavy (non-hydrogen) atoms. The van der Waals surface area contributed by atoms with Gasteiger partial charge in [0.1, 0.15) is 5.69 Å². The van der Waals surface area contributed by atoms with Gasteiger partial charge in [-0.25, -0.2) is 0 Å². The second kappa shape index (κ2) is 3.28. The van der Waals surface area contributed by atoms with Crippen LogP contribution in [0.5, 0.6) is 0 Å². The maximum atomic E-state index is 11.7. The van der Waals surface area contributed by atoms with Crippen molar-refractivity contribution in [2.75, 3.05) is 5.32 Å². The smallest absolute Gasteiger partial charge is 0.294 e. The fraction of sp³-hybridized carbons (Fsp3) is 0.300. The van der Waals surface area contributed by atoms with Crippen LogP contribution in [0.15, 0.2) is 16.6 Å². The molecule has 0 saturated heterocycles. The second-order valence-corrected chi connectivity index (χ2v) is 5.10. The zero-order valence-electron chi connectivity index (χ0n) is 8.70. The van der Waals surface area contributed by atoms with Gasteiger partial charge in [-0.1, -0.05) is 15.9 Å². The molecule has 5 nitrogen and oxygen atoms in total. The lowest BCUT2D eigenvalue weighted by Gasteiger charge is -2.14. The van der Waals surface area contributed by atoms with E-state index < -0.39 is 10.3 Å². The first-order valence-electron chi connectivity index (χ1n) is 4.64. The molecule has 6 heteroatoms. The second-order valence-electron chi connectivity index (χ2n) is 4.18. The number of carbonyl (C=O) groups is 1. The van der Waals surface area contributed by atoms with Crippen LogP contribution in [-0.2, 0) is 10.2 Å². The third-order valence-electron chi connectivity index (χ3n) is 2.76. The third-order valence-corrected chi connectivity index (χ3v) is 3.22. The van der Waals surface area contributed by atoms with Crippen molar-refractivity contribution in [1.82, 2.24) is 0 Å². The summed E-state index contributed by atoms with van der Waals surface area (Å²) >= 11 is 3.21. The Balaban J connectivity index is 2.74. The van der Waals surface area contributed by atoms with Gasteiger partial charge in [-0.05, 0) is 25.5 Å². The summed E-state index contributed by atoms with van der Waals surface area (Å²) in [5.41, 5.74) is 0.147. The van der Waals surface area contributed by atoms with Gasteiger partial charge < -0.3 is 5.32 Å². The van der Waals surface area contributed by atoms with Crippen LogP contribution in [0.3, 0.4) is 0 Å². The normalized spacial score (nSPS) is 16.8. The molecule has 1 aromatic rings. The van der Waals surface area contributed by atoms with E-state index in [9.17, 15) is 14.9 Å². The zero-order valence-corrected chi connectivity index (χ0v) is 10.3. The minimum atomic E-state index is -0.732. The molecule has 0 fully saturated rings. The lowest BCUT2D eigenvalue weighted by molar-refractivity contribution is -0.384. The Kier molecular flexibility index (Phi) is 2.27. The molecule has 1 N–H and O–H groups in total. The Morgan fingerprint density at radius 3 is 2.62 bits per heavy atom. The van der Waals surface area contributed by atoms with Crippen molar-refractivity contribution in [2.24, 2.45) is 0 Å². The fourth-order valence-corrected chi connectivity index (χ4v) is 2.20. The van der Waals surface area contributed by atoms with Crippen molar-refractivity contribution in [3.05, 3.63) is 32.3 Å². The highest BCUT2D eigenvalue weighted by molar-refractivity contribution is 9.10. The number of anilines is 1. The molecule has 0 atom stereocenters. The van der Waals surface area contributed by atoms with Gasteiger partial charge >= 0.3 is 0 Å². The van der Waals surface area contributed by atoms with Crippen LogP contribution in [-0.4, -0.2) is 10.8 Å². The lowest BCUT2D eigenvalue weighted by atomic mass is 9.86. The lowest BCUT2D eigenvalue weighted by Crippen LogP contribution is -2.26. The summed E-state index contributed by atoms with van der Waals surface area (Å²) in [6.45, 7) is 3.48. The van der Waals surface area contributed by atoms with Gasteiger partial charge in [-0.15, -0.1) is 0 Å². The summed E-state index contributed by atoms with van der Waals surface area (Å²) < 4.78 is 0.600. The van der Waals surface area contributed by atoms with Gasteiger partial charge in [-0.2, -0.15) is 0 Å². The number of nitrogens with zero attached hydrogens (tertiary/aromatic N) is 1. The van der Waals surface area contributed by atoms with Gasteiger partial charge in [0, 0.05) is 10.5 Å². The van der Waals surface area contributed by atoms with Crippen LogP contribution >= 0.6 is 15.9 Å². The summed E-state index contributed by atoms with van der Waals surface area (Å²) in [5.74, 6) is -0.219. The topological polar surface area (TPSA) is 72.2 Å². The summed E-state index contributed by atoms with van der Waals surface area (Å²) in [7, 11) is 0. The fourth-order valence-electron chi connectivity index (χ4n) is 1.75. The number of nitro groups is 1. The van der Waals surface area contributed by atoms with Gasteiger partial charge in [0.25, 0.3) is 5.69 Å². The highest BCUT2D eigenvalue weighted by atomic mass is 79.9. The van der Waals surface area contributed by atoms with Crippen molar-refractivity contribution in [1.29, 1.82) is 0 Å². The monoisotopic (exact) mass is 284 g/mol. The molecule has 1 heterocycles. The molecular formula is C10H9BrN2O3. The highest BCUT2D eigenvalue weighted by Crippen LogP contribution is 2.44. The van der Waals surface area contributed by atoms with Gasteiger partial charge in [0.2, 0.25) is 5.91 Å². The molecule has 0 unspecified atom stereocenters. The van der Waals surface area contributed by atoms with E-state index in [1.54, 1.807) is 19.9 Å². The van der Waals surface area contributed by atoms with Gasteiger partial charge in [0.15, 0.2) is 0 Å². The van der Waals surface area contributed by atoms with E-state index >= 15 is 0 Å². The van der Waals surface area contributed by atoms with Crippen molar-refractivity contribution < 1.29 is 9.72 Å². The standard InChI is InChI=1S/C10H9BrN2O3/c1-10(2)6-3-5(11)4-7(13(15)16)8(6)12-9(10)14/h3-4H,1-2H3,(H,12,14). The number of nitro benzene ring substituents is 1. The molecule has 1 aromatic carbocycles. The summed E-state index contributed by atoms with van der Waals surface area (Å²) in [6, 6.07) is 3.13. The van der Waals surface area contributed by atoms with Crippen molar-refractivity contribution >= 4 is 33.2 Å². The van der Waals surface area contributed by atoms with Crippen LogP contribution < -0.4 is 5.32 Å². The number of benzene rings is 1. The van der Waals surface area contributed by atoms with Crippen LogP contribution in [0.1, 0.15) is 19.4 Å². The van der Waals surface area contributed by atoms with E-state index in [-0.39, 0.29) is 11.6 Å². The minimum Gasteiger partial charge on any atom is -0.319 e. The quantitative estimate of drug-likeness (QED) is 0.636. The van der Waals surface area contributed by atoms with Gasteiger partial charge in [0.05, 0.1) is 10.3 Å². The molecule has 2 rings (SSSR count). The van der Waals surface area contributed by atoms with Crippen LogP contribution in [0.2, 0.25) is 0 Å². The molecule has 84 valence electrons. The first kappa shape index (κ1) is 11.1. The van der Waals surface area contributed by atoms with E-state index in [1.165, 1.54) is 6.07 Å². The molecule has 1 aliphatic heterocycles. The number of carbonyl (C=O) groups excluding carboxylic acids is 1. The summed E-state index contributed by atoms with van der Waals surface area (Å²) in [5, 5.41) is 13.4. The molecular weight excluding hydrogens is 276 g/mol. The highest BCUT2D eigenvalue weighted by Gasteiger charge is 2.42. The zero-order chi connectivity index (χ0) is 12.1. The molecule has 0 bridgehead atoms. The number of fused-ring (bicyclic) bond motifs is 1. The maximum absolute atomic E-state index is 11.7. The molecule has 1 amide bonds. The van der Waals surface area contributed by atoms with Crippen molar-refractivity contribution in [2.45, 2.75) is 19.3 Å². The molecule has 1 aliphatic rings. The van der Waals surface area contributed by atoms with E-state index in [0.29, 0.717) is 15.7 Å². The van der Waals surface area contributed by atoms with Crippen molar-refractivity contribution in [3.8, 4) is 0 Å². The predicted molar refractivity (Wildman–Crippen MR) is 62.5 cm³/mol. The number of rotatable bonds is 1. The maximum Gasteiger partial charge on any atom is 0.294 e. The average molecular weight is 285 g/mol. The van der Waals surface area contributed by atoms with E-state index in [2.05, 4.69) is 21.2 Å². The summed E-state index contributed by atoms with van der Waals surface area (Å²) in [4.78, 5) is 22.1. The Morgan fingerprint density at radius 1 is 1.44 bits per heavy atom. The molecule has 0 radical (unpaired) electrons. The number of hydrogen-bond donors (Lipinski definition) is 1. The van der Waals surface area contributed by atoms with E-state index in [4.69, 9.17) is 0 Å². The largest absolute Gasteiger partial charge is 0.319 e. The number of nitrogens with one attached hydrogen (secondary N) is 1. The number of halogens is 1. The number of hydrogen-bond acceptors (Lipinski definition) is 3. The average Bonchev–Trinajstić information content (AvgIpc) is 2.39. The number of amides is 1. The van der Waals surface area contributed by atoms with Crippen LogP contribution in [0.4, 0.5) is 11.4 Å². The third kappa shape index (κ3) is 1.41. The Hall–Kier alpha value is -1.43. The molecule has 0 aliphatic carbocycles. The Labute approximate surface area is 100 Å². The Morgan fingerprint density at radius 2 is 2.06 bits per heavy atom. The van der Waals surface area contributed by atoms with E-state index in [0.717, 1.165) is 0 Å². The van der Waals surface area contributed by atoms with E-state index in [1.807, 2.05) is 0 Å². The molecule has 0 spiro atoms. The predicted octanol–water partition coefficient (Wildman–Crippen LogP) is 2.59.